The second-order valence-corrected chi connectivity index (χ2v) is 6.96. The number of rotatable bonds is 6. The van der Waals surface area contributed by atoms with E-state index in [0.717, 1.165) is 6.42 Å². The van der Waals surface area contributed by atoms with Crippen molar-refractivity contribution in [3.63, 3.8) is 0 Å². The van der Waals surface area contributed by atoms with Crippen LogP contribution in [0.5, 0.6) is 0 Å². The standard InChI is InChI=1S/C14H21NO3S/c1-11(2)9-12(3)10-14(16)15-19(17,18)13-7-5-4-6-8-13/h4-8,11-12H,9-10H2,1-3H3,(H,15,16). The molecule has 1 amide bonds. The first kappa shape index (κ1) is 15.7. The maximum atomic E-state index is 11.9. The number of carbonyl (C=O) groups is 1. The molecular formula is C14H21NO3S. The summed E-state index contributed by atoms with van der Waals surface area (Å²) in [6.07, 6.45) is 1.13. The number of hydrogen-bond donors (Lipinski definition) is 1. The van der Waals surface area contributed by atoms with Gasteiger partial charge in [-0.05, 0) is 30.4 Å². The van der Waals surface area contributed by atoms with Crippen molar-refractivity contribution in [2.45, 2.75) is 38.5 Å². The van der Waals surface area contributed by atoms with Gasteiger partial charge in [0, 0.05) is 6.42 Å². The van der Waals surface area contributed by atoms with Gasteiger partial charge in [0.1, 0.15) is 0 Å². The highest BCUT2D eigenvalue weighted by atomic mass is 32.2. The summed E-state index contributed by atoms with van der Waals surface area (Å²) in [5.41, 5.74) is 0. The summed E-state index contributed by atoms with van der Waals surface area (Å²) in [6.45, 7) is 6.11. The predicted octanol–water partition coefficient (Wildman–Crippen LogP) is 2.56. The quantitative estimate of drug-likeness (QED) is 0.872. The Morgan fingerprint density at radius 2 is 1.74 bits per heavy atom. The van der Waals surface area contributed by atoms with Gasteiger partial charge in [-0.25, -0.2) is 13.1 Å². The first-order valence-electron chi connectivity index (χ1n) is 6.42. The lowest BCUT2D eigenvalue weighted by atomic mass is 9.96. The molecule has 1 aromatic rings. The number of nitrogens with one attached hydrogen (secondary N) is 1. The van der Waals surface area contributed by atoms with Crippen molar-refractivity contribution < 1.29 is 13.2 Å². The van der Waals surface area contributed by atoms with Gasteiger partial charge in [0.15, 0.2) is 0 Å². The van der Waals surface area contributed by atoms with E-state index in [1.54, 1.807) is 18.2 Å². The molecule has 0 bridgehead atoms. The highest BCUT2D eigenvalue weighted by molar-refractivity contribution is 7.90. The number of carbonyl (C=O) groups excluding carboxylic acids is 1. The Hall–Kier alpha value is -1.36. The third-order valence-corrected chi connectivity index (χ3v) is 4.10. The van der Waals surface area contributed by atoms with Crippen molar-refractivity contribution in [3.8, 4) is 0 Å². The van der Waals surface area contributed by atoms with Crippen molar-refractivity contribution in [1.82, 2.24) is 4.72 Å². The monoisotopic (exact) mass is 283 g/mol. The summed E-state index contributed by atoms with van der Waals surface area (Å²) in [4.78, 5) is 11.8. The molecule has 0 spiro atoms. The fourth-order valence-corrected chi connectivity index (χ4v) is 3.07. The summed E-state index contributed by atoms with van der Waals surface area (Å²) in [5, 5.41) is 0. The summed E-state index contributed by atoms with van der Waals surface area (Å²) in [6, 6.07) is 7.91. The van der Waals surface area contributed by atoms with Crippen molar-refractivity contribution >= 4 is 15.9 Å². The molecule has 1 aromatic carbocycles. The van der Waals surface area contributed by atoms with E-state index >= 15 is 0 Å². The third-order valence-electron chi connectivity index (χ3n) is 2.71. The number of amides is 1. The molecule has 0 aliphatic rings. The SMILES string of the molecule is CC(C)CC(C)CC(=O)NS(=O)(=O)c1ccccc1. The molecule has 4 nitrogen and oxygen atoms in total. The first-order chi connectivity index (χ1) is 8.81. The van der Waals surface area contributed by atoms with Crippen LogP contribution in [0.25, 0.3) is 0 Å². The molecule has 0 aromatic heterocycles. The molecule has 1 atom stereocenters. The second kappa shape index (κ2) is 6.70. The van der Waals surface area contributed by atoms with E-state index in [-0.39, 0.29) is 17.2 Å². The maximum Gasteiger partial charge on any atom is 0.264 e. The van der Waals surface area contributed by atoms with Gasteiger partial charge in [0.2, 0.25) is 5.91 Å². The van der Waals surface area contributed by atoms with Crippen molar-refractivity contribution in [3.05, 3.63) is 30.3 Å². The van der Waals surface area contributed by atoms with E-state index in [2.05, 4.69) is 18.6 Å². The minimum Gasteiger partial charge on any atom is -0.274 e. The molecule has 106 valence electrons. The van der Waals surface area contributed by atoms with Gasteiger partial charge in [-0.1, -0.05) is 39.0 Å². The molecule has 0 radical (unpaired) electrons. The largest absolute Gasteiger partial charge is 0.274 e. The van der Waals surface area contributed by atoms with Gasteiger partial charge in [-0.15, -0.1) is 0 Å². The average Bonchev–Trinajstić information content (AvgIpc) is 2.27. The molecule has 0 saturated carbocycles. The van der Waals surface area contributed by atoms with Crippen molar-refractivity contribution in [2.24, 2.45) is 11.8 Å². The fourth-order valence-electron chi connectivity index (χ4n) is 2.05. The molecule has 0 aliphatic carbocycles. The van der Waals surface area contributed by atoms with Gasteiger partial charge in [0.05, 0.1) is 4.90 Å². The van der Waals surface area contributed by atoms with Crippen LogP contribution in [0, 0.1) is 11.8 Å². The van der Waals surface area contributed by atoms with Gasteiger partial charge in [-0.2, -0.15) is 0 Å². The third kappa shape index (κ3) is 5.42. The van der Waals surface area contributed by atoms with E-state index in [1.165, 1.54) is 12.1 Å². The van der Waals surface area contributed by atoms with Gasteiger partial charge >= 0.3 is 0 Å². The van der Waals surface area contributed by atoms with Crippen molar-refractivity contribution in [1.29, 1.82) is 0 Å². The summed E-state index contributed by atoms with van der Waals surface area (Å²) < 4.78 is 25.9. The molecule has 0 aliphatic heterocycles. The van der Waals surface area contributed by atoms with Crippen LogP contribution in [0.3, 0.4) is 0 Å². The lowest BCUT2D eigenvalue weighted by molar-refractivity contribution is -0.120. The Labute approximate surface area is 115 Å². The minimum atomic E-state index is -3.73. The molecule has 0 heterocycles. The molecule has 1 rings (SSSR count). The summed E-state index contributed by atoms with van der Waals surface area (Å²) in [7, 11) is -3.73. The Morgan fingerprint density at radius 3 is 2.26 bits per heavy atom. The van der Waals surface area contributed by atoms with E-state index in [9.17, 15) is 13.2 Å². The van der Waals surface area contributed by atoms with Crippen LogP contribution in [0.1, 0.15) is 33.6 Å². The van der Waals surface area contributed by atoms with Gasteiger partial charge < -0.3 is 0 Å². The van der Waals surface area contributed by atoms with Crippen LogP contribution in [0.4, 0.5) is 0 Å². The first-order valence-corrected chi connectivity index (χ1v) is 7.90. The molecule has 1 N–H and O–H groups in total. The Balaban J connectivity index is 2.62. The zero-order chi connectivity index (χ0) is 14.5. The van der Waals surface area contributed by atoms with E-state index in [1.807, 2.05) is 6.92 Å². The van der Waals surface area contributed by atoms with Gasteiger partial charge in [-0.3, -0.25) is 4.79 Å². The molecule has 0 fully saturated rings. The van der Waals surface area contributed by atoms with E-state index in [0.29, 0.717) is 5.92 Å². The smallest absolute Gasteiger partial charge is 0.264 e. The fraction of sp³-hybridized carbons (Fsp3) is 0.500. The van der Waals surface area contributed by atoms with E-state index in [4.69, 9.17) is 0 Å². The van der Waals surface area contributed by atoms with Crippen LogP contribution in [-0.2, 0) is 14.8 Å². The van der Waals surface area contributed by atoms with Crippen LogP contribution >= 0.6 is 0 Å². The van der Waals surface area contributed by atoms with Crippen LogP contribution in [0.2, 0.25) is 0 Å². The maximum absolute atomic E-state index is 11.9. The molecule has 19 heavy (non-hydrogen) atoms. The summed E-state index contributed by atoms with van der Waals surface area (Å²) in [5.74, 6) is 0.219. The predicted molar refractivity (Wildman–Crippen MR) is 75.0 cm³/mol. The minimum absolute atomic E-state index is 0.111. The second-order valence-electron chi connectivity index (χ2n) is 5.28. The van der Waals surface area contributed by atoms with Gasteiger partial charge in [0.25, 0.3) is 10.0 Å². The Morgan fingerprint density at radius 1 is 1.16 bits per heavy atom. The lowest BCUT2D eigenvalue weighted by Gasteiger charge is -2.13. The number of hydrogen-bond acceptors (Lipinski definition) is 3. The molecule has 0 saturated heterocycles. The number of benzene rings is 1. The van der Waals surface area contributed by atoms with Crippen LogP contribution in [0.15, 0.2) is 35.2 Å². The average molecular weight is 283 g/mol. The van der Waals surface area contributed by atoms with Crippen LogP contribution in [-0.4, -0.2) is 14.3 Å². The normalized spacial score (nSPS) is 13.3. The topological polar surface area (TPSA) is 63.2 Å². The Kier molecular flexibility index (Phi) is 5.54. The molecule has 1 unspecified atom stereocenters. The lowest BCUT2D eigenvalue weighted by Crippen LogP contribution is -2.31. The zero-order valence-electron chi connectivity index (χ0n) is 11.6. The summed E-state index contributed by atoms with van der Waals surface area (Å²) >= 11 is 0. The van der Waals surface area contributed by atoms with Crippen molar-refractivity contribution in [2.75, 3.05) is 0 Å². The Bertz CT molecular complexity index is 509. The zero-order valence-corrected chi connectivity index (χ0v) is 12.4. The van der Waals surface area contributed by atoms with Crippen LogP contribution < -0.4 is 4.72 Å². The highest BCUT2D eigenvalue weighted by Gasteiger charge is 2.19. The molecular weight excluding hydrogens is 262 g/mol. The highest BCUT2D eigenvalue weighted by Crippen LogP contribution is 2.15. The molecule has 5 heteroatoms. The van der Waals surface area contributed by atoms with E-state index < -0.39 is 15.9 Å². The number of sulfonamides is 1.